The molecular weight excluding hydrogens is 1120 g/mol. The van der Waals surface area contributed by atoms with Gasteiger partial charge < -0.3 is 143 Å². The number of carbonyl (C=O) groups is 2. The summed E-state index contributed by atoms with van der Waals surface area (Å²) < 4.78 is 74.6. The van der Waals surface area contributed by atoms with Gasteiger partial charge in [-0.1, -0.05) is 40.5 Å². The molecule has 0 aliphatic carbocycles. The highest BCUT2D eigenvalue weighted by Crippen LogP contribution is 2.38. The lowest BCUT2D eigenvalue weighted by Gasteiger charge is -2.49. The van der Waals surface area contributed by atoms with Gasteiger partial charge in [-0.25, -0.2) is 0 Å². The van der Waals surface area contributed by atoms with Gasteiger partial charge in [0.25, 0.3) is 0 Å². The lowest BCUT2D eigenvalue weighted by Crippen LogP contribution is -2.66. The van der Waals surface area contributed by atoms with Crippen LogP contribution in [0.4, 0.5) is 0 Å². The van der Waals surface area contributed by atoms with Gasteiger partial charge in [-0.3, -0.25) is 9.59 Å². The van der Waals surface area contributed by atoms with Crippen LogP contribution >= 0.6 is 0 Å². The highest BCUT2D eigenvalue weighted by molar-refractivity contribution is 6.11. The van der Waals surface area contributed by atoms with Crippen LogP contribution in [-0.4, -0.2) is 306 Å². The summed E-state index contributed by atoms with van der Waals surface area (Å²) in [5, 5.41) is 171. The standard InChI is InChI=1S/C51H85BO31/c1-7-18(3)25(75-29(59)11-23(57)10-26(19(4)8-2)76-47-35(65)33(63)28(14-54)77-47)9-22(56)12-30(60)79-41-31(61)20(5)73-45(52)43(41)83-49-38(68)42(82-48-36(66)34(64)32(62)27(13-53)78-48)39(21(6)74-49)80-46-37(67)40(24(58)15-71-46)81-50-44(69)51(70,16-55)17-72-50/h18-28,31-36,38-45,47-50,53-58,61-70H,7-17H2,1-6H3/t18-,19-,20+,21-,22-,23-,24+,25-,26-,27+,28-,31-,32+,33-,34-,35+,36+,38+,39-,40-,41-,42-,43+,44-,45+,47+,48-,49-,50-,51+/m0/s1. The second kappa shape index (κ2) is 30.4. The number of ether oxygens (including phenoxy) is 13. The Labute approximate surface area is 479 Å². The van der Waals surface area contributed by atoms with Crippen molar-refractivity contribution in [3.63, 3.8) is 0 Å². The fourth-order valence-corrected chi connectivity index (χ4v) is 10.3. The number of rotatable bonds is 27. The minimum atomic E-state index is -2.16. The van der Waals surface area contributed by atoms with Gasteiger partial charge in [0.1, 0.15) is 106 Å². The predicted molar refractivity (Wildman–Crippen MR) is 271 cm³/mol. The fourth-order valence-electron chi connectivity index (χ4n) is 10.3. The van der Waals surface area contributed by atoms with Crippen LogP contribution in [0.5, 0.6) is 0 Å². The summed E-state index contributed by atoms with van der Waals surface area (Å²) in [5.41, 5.74) is -2.16. The van der Waals surface area contributed by atoms with Crippen molar-refractivity contribution in [3.05, 3.63) is 11.7 Å². The molecule has 2 radical (unpaired) electrons. The highest BCUT2D eigenvalue weighted by Gasteiger charge is 2.56. The third kappa shape index (κ3) is 16.5. The van der Waals surface area contributed by atoms with Crippen LogP contribution in [0.2, 0.25) is 0 Å². The lowest BCUT2D eigenvalue weighted by atomic mass is 9.84. The second-order valence-corrected chi connectivity index (χ2v) is 22.3. The third-order valence-electron chi connectivity index (χ3n) is 16.1. The molecule has 5 saturated heterocycles. The van der Waals surface area contributed by atoms with Gasteiger partial charge in [0.05, 0.1) is 69.8 Å². The molecule has 0 aromatic carbocycles. The van der Waals surface area contributed by atoms with E-state index in [1.54, 1.807) is 13.8 Å². The van der Waals surface area contributed by atoms with Crippen molar-refractivity contribution < 1.29 is 153 Å². The van der Waals surface area contributed by atoms with Crippen LogP contribution in [-0.2, 0) is 71.2 Å². The maximum Gasteiger partial charge on any atom is 0.322 e. The van der Waals surface area contributed by atoms with E-state index in [-0.39, 0.29) is 24.7 Å². The summed E-state index contributed by atoms with van der Waals surface area (Å²) >= 11 is 0. The van der Waals surface area contributed by atoms with Gasteiger partial charge in [-0.15, -0.1) is 0 Å². The number of hydrogen-bond acceptors (Lipinski definition) is 31. The molecular formula is C51H85BO31. The maximum atomic E-state index is 13.7. The van der Waals surface area contributed by atoms with E-state index >= 15 is 0 Å². The third-order valence-corrected chi connectivity index (χ3v) is 16.1. The number of esters is 2. The topological polar surface area (TPSA) is 478 Å². The van der Waals surface area contributed by atoms with Crippen molar-refractivity contribution in [3.8, 4) is 0 Å². The SMILES string of the molecule is [B][C@@H]1O[C@H](C)[C@H](O)[C@H](OC(=O)C[C@@H](O)C[C@H](OC(=O)C[C@@H](O)C[C@H](O[C@@H]2O[C@@H](CO)[C@H](O)[C@H]2O)[C@@H](C)CC)[C@@H](C)CC)[C@H]1O[C@@H]1O[C@@H](C)[C@H](OC2=C(O)[C@@H](O[C@@H]3OC[C@](O)(CO)[C@H]3O)[C@H](O)CO2)[C@@H](O[C@@H]2O[C@H](CO)[C@@H](O)[C@H](O)[C@H]2O)[C@H]1O. The number of carbonyl (C=O) groups excluding carboxylic acids is 2. The first-order chi connectivity index (χ1) is 39.1. The van der Waals surface area contributed by atoms with E-state index in [4.69, 9.17) is 69.4 Å². The fraction of sp³-hybridized carbons (Fsp3) is 0.922. The molecule has 0 saturated carbocycles. The molecule has 0 bridgehead atoms. The van der Waals surface area contributed by atoms with Gasteiger partial charge in [0.15, 0.2) is 43.5 Å². The lowest BCUT2D eigenvalue weighted by molar-refractivity contribution is -0.371. The molecule has 30 atom stereocenters. The molecule has 31 nitrogen and oxygen atoms in total. The van der Waals surface area contributed by atoms with Crippen molar-refractivity contribution in [2.75, 3.05) is 33.0 Å². The first kappa shape index (κ1) is 69.3. The zero-order chi connectivity index (χ0) is 61.5. The minimum Gasteiger partial charge on any atom is -0.504 e. The van der Waals surface area contributed by atoms with Gasteiger partial charge in [0, 0.05) is 18.8 Å². The molecule has 0 unspecified atom stereocenters. The Morgan fingerprint density at radius 3 is 1.81 bits per heavy atom. The summed E-state index contributed by atoms with van der Waals surface area (Å²) in [6, 6.07) is -1.55. The normalized spacial score (nSPS) is 42.7. The van der Waals surface area contributed by atoms with E-state index in [0.29, 0.717) is 12.8 Å². The van der Waals surface area contributed by atoms with Gasteiger partial charge in [0.2, 0.25) is 5.76 Å². The summed E-state index contributed by atoms with van der Waals surface area (Å²) in [6.07, 6.45) is -42.3. The molecule has 0 spiro atoms. The molecule has 6 aliphatic rings. The molecule has 6 heterocycles. The highest BCUT2D eigenvalue weighted by atomic mass is 16.8. The van der Waals surface area contributed by atoms with E-state index in [9.17, 15) is 91.3 Å². The van der Waals surface area contributed by atoms with Crippen molar-refractivity contribution in [2.24, 2.45) is 11.8 Å². The average Bonchev–Trinajstić information content (AvgIpc) is 3.73. The monoisotopic (exact) mass is 1200 g/mol. The van der Waals surface area contributed by atoms with E-state index in [1.807, 2.05) is 13.8 Å². The average molecular weight is 1210 g/mol. The quantitative estimate of drug-likeness (QED) is 0.0268. The maximum absolute atomic E-state index is 13.7. The summed E-state index contributed by atoms with van der Waals surface area (Å²) in [7, 11) is 6.38. The van der Waals surface area contributed by atoms with Crippen molar-refractivity contribution in [1.29, 1.82) is 0 Å². The molecule has 0 aromatic rings. The molecule has 0 aromatic heterocycles. The van der Waals surface area contributed by atoms with Crippen molar-refractivity contribution in [2.45, 2.75) is 251 Å². The van der Waals surface area contributed by atoms with Gasteiger partial charge in [-0.2, -0.15) is 0 Å². The Bertz CT molecular complexity index is 2060. The number of hydrogen-bond donors (Lipinski definition) is 16. The number of aliphatic hydroxyl groups excluding tert-OH is 15. The zero-order valence-corrected chi connectivity index (χ0v) is 46.9. The Kier molecular flexibility index (Phi) is 25.4. The first-order valence-corrected chi connectivity index (χ1v) is 27.9. The minimum absolute atomic E-state index is 0.115. The van der Waals surface area contributed by atoms with Crippen LogP contribution in [0, 0.1) is 11.8 Å². The van der Waals surface area contributed by atoms with Crippen LogP contribution in [0.3, 0.4) is 0 Å². The Hall–Kier alpha value is -2.82. The Morgan fingerprint density at radius 1 is 0.651 bits per heavy atom. The smallest absolute Gasteiger partial charge is 0.322 e. The van der Waals surface area contributed by atoms with E-state index in [1.165, 1.54) is 13.8 Å². The van der Waals surface area contributed by atoms with E-state index in [0.717, 1.165) is 0 Å². The molecule has 5 fully saturated rings. The second-order valence-electron chi connectivity index (χ2n) is 22.3. The predicted octanol–water partition coefficient (Wildman–Crippen LogP) is -6.71. The van der Waals surface area contributed by atoms with E-state index in [2.05, 4.69) is 0 Å². The largest absolute Gasteiger partial charge is 0.504 e. The van der Waals surface area contributed by atoms with Gasteiger partial charge in [-0.05, 0) is 25.7 Å². The molecule has 32 heteroatoms. The molecule has 6 aliphatic heterocycles. The van der Waals surface area contributed by atoms with Crippen LogP contribution in [0.15, 0.2) is 11.7 Å². The molecule has 83 heavy (non-hydrogen) atoms. The first-order valence-electron chi connectivity index (χ1n) is 27.9. The van der Waals surface area contributed by atoms with Crippen LogP contribution in [0.25, 0.3) is 0 Å². The van der Waals surface area contributed by atoms with Gasteiger partial charge >= 0.3 is 17.9 Å². The summed E-state index contributed by atoms with van der Waals surface area (Å²) in [4.78, 5) is 27.0. The van der Waals surface area contributed by atoms with Crippen molar-refractivity contribution >= 4 is 19.8 Å². The van der Waals surface area contributed by atoms with Crippen molar-refractivity contribution in [1.82, 2.24) is 0 Å². The van der Waals surface area contributed by atoms with Crippen LogP contribution in [0.1, 0.15) is 80.1 Å². The molecule has 478 valence electrons. The Balaban J connectivity index is 1.14. The zero-order valence-electron chi connectivity index (χ0n) is 46.9. The molecule has 0 amide bonds. The molecule has 16 N–H and O–H groups in total. The number of aliphatic hydroxyl groups is 16. The van der Waals surface area contributed by atoms with E-state index < -0.39 is 241 Å². The Morgan fingerprint density at radius 2 is 1.20 bits per heavy atom. The molecule has 6 rings (SSSR count). The summed E-state index contributed by atoms with van der Waals surface area (Å²) in [5.74, 6) is -4.33. The summed E-state index contributed by atoms with van der Waals surface area (Å²) in [6.45, 7) is 6.27. The van der Waals surface area contributed by atoms with Crippen LogP contribution < -0.4 is 0 Å².